The lowest BCUT2D eigenvalue weighted by Crippen LogP contribution is -2.43. The molecule has 0 radical (unpaired) electrons. The summed E-state index contributed by atoms with van der Waals surface area (Å²) in [6.45, 7) is 3.14. The van der Waals surface area contributed by atoms with Crippen LogP contribution in [-0.2, 0) is 0 Å². The maximum atomic E-state index is 11.4. The zero-order valence-electron chi connectivity index (χ0n) is 9.46. The van der Waals surface area contributed by atoms with Crippen LogP contribution in [0, 0.1) is 5.92 Å². The molecule has 2 aliphatic rings. The Morgan fingerprint density at radius 1 is 1.40 bits per heavy atom. The average molecular weight is 211 g/mol. The van der Waals surface area contributed by atoms with Gasteiger partial charge in [0.25, 0.3) is 0 Å². The number of hydrogen-bond acceptors (Lipinski definition) is 2. The summed E-state index contributed by atoms with van der Waals surface area (Å²) in [5, 5.41) is 5.91. The van der Waals surface area contributed by atoms with Crippen molar-refractivity contribution in [2.75, 3.05) is 26.7 Å². The summed E-state index contributed by atoms with van der Waals surface area (Å²) >= 11 is 0. The molecule has 0 spiro atoms. The number of carbonyl (C=O) groups is 1. The van der Waals surface area contributed by atoms with Crippen LogP contribution in [-0.4, -0.2) is 43.7 Å². The van der Waals surface area contributed by atoms with E-state index in [4.69, 9.17) is 0 Å². The molecule has 0 bridgehead atoms. The van der Waals surface area contributed by atoms with Crippen LogP contribution >= 0.6 is 0 Å². The third kappa shape index (κ3) is 3.70. The second-order valence-corrected chi connectivity index (χ2v) is 4.90. The largest absolute Gasteiger partial charge is 0.338 e. The molecule has 1 heterocycles. The van der Waals surface area contributed by atoms with Gasteiger partial charge in [0, 0.05) is 19.1 Å². The number of nitrogens with one attached hydrogen (secondary N) is 2. The maximum Gasteiger partial charge on any atom is 0.315 e. The topological polar surface area (TPSA) is 44.4 Å². The maximum absolute atomic E-state index is 11.4. The first-order chi connectivity index (χ1) is 7.24. The number of carbonyl (C=O) groups excluding carboxylic acids is 1. The predicted octanol–water partition coefficient (Wildman–Crippen LogP) is 0.790. The Morgan fingerprint density at radius 2 is 2.20 bits per heavy atom. The van der Waals surface area contributed by atoms with Crippen molar-refractivity contribution in [3.8, 4) is 0 Å². The Kier molecular flexibility index (Phi) is 3.46. The van der Waals surface area contributed by atoms with Gasteiger partial charge in [-0.25, -0.2) is 4.79 Å². The number of urea groups is 1. The van der Waals surface area contributed by atoms with Crippen molar-refractivity contribution >= 4 is 6.03 Å². The summed E-state index contributed by atoms with van der Waals surface area (Å²) in [5.41, 5.74) is 0. The smallest absolute Gasteiger partial charge is 0.315 e. The van der Waals surface area contributed by atoms with E-state index in [0.717, 1.165) is 25.9 Å². The Hall–Kier alpha value is -0.770. The Balaban J connectivity index is 1.61. The molecule has 2 fully saturated rings. The van der Waals surface area contributed by atoms with Crippen molar-refractivity contribution < 1.29 is 4.79 Å². The standard InChI is InChI=1S/C11H21N3O/c1-14-6-2-3-9(8-14)7-12-11(15)13-10-4-5-10/h9-10H,2-8H2,1H3,(H2,12,13,15)/t9-/m1/s1. The molecule has 0 aromatic carbocycles. The van der Waals surface area contributed by atoms with Crippen LogP contribution in [0.15, 0.2) is 0 Å². The minimum atomic E-state index is 0.0192. The Bertz CT molecular complexity index is 228. The van der Waals surface area contributed by atoms with Crippen molar-refractivity contribution in [1.82, 2.24) is 15.5 Å². The van der Waals surface area contributed by atoms with Crippen LogP contribution in [0.3, 0.4) is 0 Å². The first kappa shape index (κ1) is 10.7. The lowest BCUT2D eigenvalue weighted by atomic mass is 9.99. The lowest BCUT2D eigenvalue weighted by Gasteiger charge is -2.29. The fourth-order valence-electron chi connectivity index (χ4n) is 2.14. The highest BCUT2D eigenvalue weighted by atomic mass is 16.2. The SMILES string of the molecule is CN1CCC[C@H](CNC(=O)NC2CC2)C1. The van der Waals surface area contributed by atoms with Crippen molar-refractivity contribution in [1.29, 1.82) is 0 Å². The van der Waals surface area contributed by atoms with Gasteiger partial charge in [-0.2, -0.15) is 0 Å². The van der Waals surface area contributed by atoms with Gasteiger partial charge in [0.2, 0.25) is 0 Å². The van der Waals surface area contributed by atoms with Crippen molar-refractivity contribution in [2.45, 2.75) is 31.7 Å². The highest BCUT2D eigenvalue weighted by molar-refractivity contribution is 5.74. The van der Waals surface area contributed by atoms with Gasteiger partial charge in [-0.15, -0.1) is 0 Å². The number of piperidine rings is 1. The first-order valence-electron chi connectivity index (χ1n) is 5.97. The van der Waals surface area contributed by atoms with Crippen LogP contribution in [0.1, 0.15) is 25.7 Å². The number of nitrogens with zero attached hydrogens (tertiary/aromatic N) is 1. The van der Waals surface area contributed by atoms with Crippen molar-refractivity contribution in [2.24, 2.45) is 5.92 Å². The van der Waals surface area contributed by atoms with Crippen LogP contribution < -0.4 is 10.6 Å². The van der Waals surface area contributed by atoms with Gasteiger partial charge in [-0.05, 0) is 45.2 Å². The molecule has 0 unspecified atom stereocenters. The number of hydrogen-bond donors (Lipinski definition) is 2. The molecule has 2 N–H and O–H groups in total. The minimum absolute atomic E-state index is 0.0192. The van der Waals surface area contributed by atoms with Crippen molar-refractivity contribution in [3.05, 3.63) is 0 Å². The molecular weight excluding hydrogens is 190 g/mol. The molecule has 1 aliphatic heterocycles. The van der Waals surface area contributed by atoms with E-state index in [-0.39, 0.29) is 6.03 Å². The fraction of sp³-hybridized carbons (Fsp3) is 0.909. The molecule has 86 valence electrons. The van der Waals surface area contributed by atoms with E-state index < -0.39 is 0 Å². The molecule has 15 heavy (non-hydrogen) atoms. The first-order valence-corrected chi connectivity index (χ1v) is 5.97. The summed E-state index contributed by atoms with van der Waals surface area (Å²) in [6, 6.07) is 0.477. The highest BCUT2D eigenvalue weighted by Gasteiger charge is 2.23. The monoisotopic (exact) mass is 211 g/mol. The quantitative estimate of drug-likeness (QED) is 0.725. The number of likely N-dealkylation sites (tertiary alicyclic amines) is 1. The highest BCUT2D eigenvalue weighted by Crippen LogP contribution is 2.18. The molecule has 4 nitrogen and oxygen atoms in total. The van der Waals surface area contributed by atoms with Crippen molar-refractivity contribution in [3.63, 3.8) is 0 Å². The number of amides is 2. The summed E-state index contributed by atoms with van der Waals surface area (Å²) < 4.78 is 0. The second kappa shape index (κ2) is 4.84. The minimum Gasteiger partial charge on any atom is -0.338 e. The summed E-state index contributed by atoms with van der Waals surface area (Å²) in [7, 11) is 2.15. The van der Waals surface area contributed by atoms with Gasteiger partial charge >= 0.3 is 6.03 Å². The van der Waals surface area contributed by atoms with E-state index in [2.05, 4.69) is 22.6 Å². The van der Waals surface area contributed by atoms with Crippen LogP contribution in [0.5, 0.6) is 0 Å². The second-order valence-electron chi connectivity index (χ2n) is 4.90. The molecular formula is C11H21N3O. The zero-order valence-corrected chi connectivity index (χ0v) is 9.46. The van der Waals surface area contributed by atoms with E-state index in [1.165, 1.54) is 19.4 Å². The molecule has 1 atom stereocenters. The van der Waals surface area contributed by atoms with E-state index >= 15 is 0 Å². The van der Waals surface area contributed by atoms with E-state index in [1.54, 1.807) is 0 Å². The number of rotatable bonds is 3. The van der Waals surface area contributed by atoms with Gasteiger partial charge in [-0.3, -0.25) is 0 Å². The molecule has 1 aliphatic carbocycles. The van der Waals surface area contributed by atoms with Gasteiger partial charge in [0.1, 0.15) is 0 Å². The fourth-order valence-corrected chi connectivity index (χ4v) is 2.14. The van der Waals surface area contributed by atoms with Gasteiger partial charge in [0.15, 0.2) is 0 Å². The Labute approximate surface area is 91.4 Å². The van der Waals surface area contributed by atoms with E-state index in [0.29, 0.717) is 12.0 Å². The molecule has 0 aromatic rings. The average Bonchev–Trinajstić information content (AvgIpc) is 2.99. The van der Waals surface area contributed by atoms with Gasteiger partial charge in [-0.1, -0.05) is 0 Å². The predicted molar refractivity (Wildman–Crippen MR) is 59.8 cm³/mol. The van der Waals surface area contributed by atoms with Gasteiger partial charge in [0.05, 0.1) is 0 Å². The normalized spacial score (nSPS) is 27.4. The van der Waals surface area contributed by atoms with E-state index in [9.17, 15) is 4.79 Å². The summed E-state index contributed by atoms with van der Waals surface area (Å²) in [6.07, 6.45) is 4.81. The van der Waals surface area contributed by atoms with E-state index in [1.807, 2.05) is 0 Å². The van der Waals surface area contributed by atoms with Crippen LogP contribution in [0.4, 0.5) is 4.79 Å². The molecule has 4 heteroatoms. The molecule has 1 saturated heterocycles. The Morgan fingerprint density at radius 3 is 2.87 bits per heavy atom. The molecule has 2 amide bonds. The summed E-state index contributed by atoms with van der Waals surface area (Å²) in [5.74, 6) is 0.633. The third-order valence-electron chi connectivity index (χ3n) is 3.19. The zero-order chi connectivity index (χ0) is 10.7. The molecule has 1 saturated carbocycles. The van der Waals surface area contributed by atoms with Crippen LogP contribution in [0.2, 0.25) is 0 Å². The summed E-state index contributed by atoms with van der Waals surface area (Å²) in [4.78, 5) is 13.7. The molecule has 2 rings (SSSR count). The lowest BCUT2D eigenvalue weighted by molar-refractivity contribution is 0.202. The molecule has 0 aromatic heterocycles. The third-order valence-corrected chi connectivity index (χ3v) is 3.19. The van der Waals surface area contributed by atoms with Crippen LogP contribution in [0.25, 0.3) is 0 Å². The van der Waals surface area contributed by atoms with Gasteiger partial charge < -0.3 is 15.5 Å².